The van der Waals surface area contributed by atoms with E-state index in [4.69, 9.17) is 4.74 Å². The molecule has 0 unspecified atom stereocenters. The first-order valence-electron chi connectivity index (χ1n) is 12.1. The lowest BCUT2D eigenvalue weighted by atomic mass is 9.81. The fourth-order valence-corrected chi connectivity index (χ4v) is 5.75. The van der Waals surface area contributed by atoms with Crippen LogP contribution < -0.4 is 14.5 Å². The summed E-state index contributed by atoms with van der Waals surface area (Å²) in [6, 6.07) is 7.74. The molecule has 4 heterocycles. The van der Waals surface area contributed by atoms with Gasteiger partial charge in [-0.25, -0.2) is 4.98 Å². The molecule has 6 rings (SSSR count). The number of aromatic nitrogens is 2. The van der Waals surface area contributed by atoms with Gasteiger partial charge < -0.3 is 19.4 Å². The van der Waals surface area contributed by atoms with Crippen molar-refractivity contribution in [3.05, 3.63) is 42.4 Å². The summed E-state index contributed by atoms with van der Waals surface area (Å²) < 4.78 is 6.69. The van der Waals surface area contributed by atoms with E-state index in [2.05, 4.69) is 42.9 Å². The molecule has 1 saturated carbocycles. The van der Waals surface area contributed by atoms with E-state index in [1.165, 1.54) is 62.9 Å². The van der Waals surface area contributed by atoms with Gasteiger partial charge in [0.1, 0.15) is 17.2 Å². The maximum absolute atomic E-state index is 6.69. The lowest BCUT2D eigenvalue weighted by molar-refractivity contribution is -0.0336. The van der Waals surface area contributed by atoms with Gasteiger partial charge in [-0.3, -0.25) is 4.98 Å². The molecule has 4 aliphatic rings. The minimum atomic E-state index is 0.0805. The zero-order valence-corrected chi connectivity index (χ0v) is 18.4. The average Bonchev–Trinajstić information content (AvgIpc) is 2.80. The van der Waals surface area contributed by atoms with Crippen molar-refractivity contribution in [2.75, 3.05) is 49.1 Å². The first-order chi connectivity index (χ1) is 15.3. The number of piperidine rings is 1. The van der Waals surface area contributed by atoms with Crippen LogP contribution in [-0.4, -0.2) is 65.8 Å². The van der Waals surface area contributed by atoms with Crippen molar-refractivity contribution < 1.29 is 4.74 Å². The van der Waals surface area contributed by atoms with E-state index < -0.39 is 0 Å². The monoisotopic (exact) mass is 419 g/mol. The molecule has 1 aromatic carbocycles. The van der Waals surface area contributed by atoms with Crippen LogP contribution in [-0.2, 0) is 6.42 Å². The summed E-state index contributed by atoms with van der Waals surface area (Å²) in [7, 11) is 0. The SMILES string of the molecule is c1cnc(N2CCN(c3ccc4c(c3)CCC3(CCN(C5CCC5)CC3)O4)CC2)cn1. The quantitative estimate of drug-likeness (QED) is 0.759. The molecule has 6 nitrogen and oxygen atoms in total. The fraction of sp³-hybridized carbons (Fsp3) is 0.600. The van der Waals surface area contributed by atoms with Crippen molar-refractivity contribution in [3.63, 3.8) is 0 Å². The molecule has 0 atom stereocenters. The molecule has 3 fully saturated rings. The highest BCUT2D eigenvalue weighted by Crippen LogP contribution is 2.42. The van der Waals surface area contributed by atoms with Crippen LogP contribution in [0.15, 0.2) is 36.8 Å². The summed E-state index contributed by atoms with van der Waals surface area (Å²) >= 11 is 0. The molecular weight excluding hydrogens is 386 g/mol. The Morgan fingerprint density at radius 2 is 1.71 bits per heavy atom. The lowest BCUT2D eigenvalue weighted by Crippen LogP contribution is -2.53. The number of anilines is 2. The number of hydrogen-bond donors (Lipinski definition) is 0. The minimum Gasteiger partial charge on any atom is -0.487 e. The van der Waals surface area contributed by atoms with E-state index in [0.29, 0.717) is 0 Å². The number of ether oxygens (including phenoxy) is 1. The maximum atomic E-state index is 6.69. The Labute approximate surface area is 185 Å². The standard InChI is InChI=1S/C25H33N5O/c1-2-21(3-1)28-12-8-25(9-13-28)7-6-20-18-22(4-5-23(20)31-25)29-14-16-30(17-15-29)24-19-26-10-11-27-24/h4-5,10-11,18-19,21H,1-3,6-9,12-17H2. The summed E-state index contributed by atoms with van der Waals surface area (Å²) in [5.74, 6) is 2.11. The smallest absolute Gasteiger partial charge is 0.147 e. The zero-order valence-electron chi connectivity index (χ0n) is 18.4. The van der Waals surface area contributed by atoms with Crippen molar-refractivity contribution in [1.29, 1.82) is 0 Å². The normalized spacial score (nSPS) is 23.9. The van der Waals surface area contributed by atoms with Gasteiger partial charge in [-0.1, -0.05) is 6.42 Å². The Morgan fingerprint density at radius 1 is 0.903 bits per heavy atom. The number of fused-ring (bicyclic) bond motifs is 1. The maximum Gasteiger partial charge on any atom is 0.147 e. The van der Waals surface area contributed by atoms with Gasteiger partial charge in [-0.15, -0.1) is 0 Å². The topological polar surface area (TPSA) is 44.7 Å². The van der Waals surface area contributed by atoms with Gasteiger partial charge in [0.05, 0.1) is 6.20 Å². The van der Waals surface area contributed by atoms with Crippen molar-refractivity contribution in [3.8, 4) is 5.75 Å². The minimum absolute atomic E-state index is 0.0805. The molecule has 164 valence electrons. The van der Waals surface area contributed by atoms with E-state index >= 15 is 0 Å². The number of likely N-dealkylation sites (tertiary alicyclic amines) is 1. The Bertz CT molecular complexity index is 899. The van der Waals surface area contributed by atoms with Crippen molar-refractivity contribution in [2.45, 2.75) is 56.6 Å². The molecule has 1 aromatic heterocycles. The second-order valence-electron chi connectivity index (χ2n) is 9.74. The van der Waals surface area contributed by atoms with E-state index in [-0.39, 0.29) is 5.60 Å². The Kier molecular flexibility index (Phi) is 4.98. The summed E-state index contributed by atoms with van der Waals surface area (Å²) in [5.41, 5.74) is 2.80. The fourth-order valence-electron chi connectivity index (χ4n) is 5.75. The van der Waals surface area contributed by atoms with Crippen LogP contribution in [0, 0.1) is 0 Å². The summed E-state index contributed by atoms with van der Waals surface area (Å²) in [4.78, 5) is 16.2. The molecule has 2 aromatic rings. The van der Waals surface area contributed by atoms with E-state index in [1.807, 2.05) is 6.20 Å². The van der Waals surface area contributed by atoms with Gasteiger partial charge >= 0.3 is 0 Å². The van der Waals surface area contributed by atoms with Crippen LogP contribution in [0.2, 0.25) is 0 Å². The Balaban J connectivity index is 1.09. The van der Waals surface area contributed by atoms with Crippen molar-refractivity contribution >= 4 is 11.5 Å². The predicted molar refractivity (Wildman–Crippen MR) is 123 cm³/mol. The predicted octanol–water partition coefficient (Wildman–Crippen LogP) is 3.52. The molecule has 0 bridgehead atoms. The lowest BCUT2D eigenvalue weighted by Gasteiger charge is -2.48. The number of rotatable bonds is 3. The van der Waals surface area contributed by atoms with Crippen LogP contribution >= 0.6 is 0 Å². The Morgan fingerprint density at radius 3 is 2.42 bits per heavy atom. The molecule has 0 amide bonds. The molecule has 6 heteroatoms. The Hall–Kier alpha value is -2.34. The van der Waals surface area contributed by atoms with Crippen molar-refractivity contribution in [2.24, 2.45) is 0 Å². The van der Waals surface area contributed by atoms with Gasteiger partial charge in [-0.05, 0) is 62.3 Å². The van der Waals surface area contributed by atoms with Gasteiger partial charge in [0.15, 0.2) is 0 Å². The molecule has 0 N–H and O–H groups in total. The van der Waals surface area contributed by atoms with Gasteiger partial charge in [0.25, 0.3) is 0 Å². The average molecular weight is 420 g/mol. The first-order valence-corrected chi connectivity index (χ1v) is 12.1. The van der Waals surface area contributed by atoms with Gasteiger partial charge in [-0.2, -0.15) is 0 Å². The van der Waals surface area contributed by atoms with Crippen LogP contribution in [0.4, 0.5) is 11.5 Å². The van der Waals surface area contributed by atoms with Crippen LogP contribution in [0.5, 0.6) is 5.75 Å². The molecule has 1 spiro atoms. The largest absolute Gasteiger partial charge is 0.487 e. The van der Waals surface area contributed by atoms with E-state index in [0.717, 1.165) is 50.2 Å². The summed E-state index contributed by atoms with van der Waals surface area (Å²) in [5, 5.41) is 0. The third-order valence-corrected chi connectivity index (χ3v) is 8.04. The van der Waals surface area contributed by atoms with Gasteiger partial charge in [0.2, 0.25) is 0 Å². The number of hydrogen-bond acceptors (Lipinski definition) is 6. The molecule has 31 heavy (non-hydrogen) atoms. The number of piperazine rings is 1. The molecular formula is C25H33N5O. The second-order valence-corrected chi connectivity index (χ2v) is 9.74. The summed E-state index contributed by atoms with van der Waals surface area (Å²) in [6.07, 6.45) is 14.3. The van der Waals surface area contributed by atoms with Crippen LogP contribution in [0.3, 0.4) is 0 Å². The number of benzene rings is 1. The molecule has 0 radical (unpaired) electrons. The molecule has 1 aliphatic carbocycles. The number of aryl methyl sites for hydroxylation is 1. The third kappa shape index (κ3) is 3.75. The highest BCUT2D eigenvalue weighted by Gasteiger charge is 2.41. The molecule has 3 aliphatic heterocycles. The second kappa shape index (κ2) is 7.97. The first kappa shape index (κ1) is 19.4. The van der Waals surface area contributed by atoms with E-state index in [1.54, 1.807) is 12.4 Å². The number of nitrogens with zero attached hydrogens (tertiary/aromatic N) is 5. The zero-order chi connectivity index (χ0) is 20.7. The highest BCUT2D eigenvalue weighted by molar-refractivity contribution is 5.55. The highest BCUT2D eigenvalue weighted by atomic mass is 16.5. The summed E-state index contributed by atoms with van der Waals surface area (Å²) in [6.45, 7) is 6.41. The van der Waals surface area contributed by atoms with Crippen LogP contribution in [0.25, 0.3) is 0 Å². The van der Waals surface area contributed by atoms with Crippen molar-refractivity contribution in [1.82, 2.24) is 14.9 Å². The van der Waals surface area contributed by atoms with Crippen LogP contribution in [0.1, 0.15) is 44.1 Å². The van der Waals surface area contributed by atoms with E-state index in [9.17, 15) is 0 Å². The molecule has 2 saturated heterocycles. The third-order valence-electron chi connectivity index (χ3n) is 8.04. The van der Waals surface area contributed by atoms with Gasteiger partial charge in [0, 0.05) is 63.4 Å².